The number of hydrogen-bond acceptors (Lipinski definition) is 8. The molecular weight excluding hydrogens is 1100 g/mol. The van der Waals surface area contributed by atoms with E-state index in [1.165, 1.54) is 190 Å². The molecule has 0 nitrogen and oxygen atoms in total. The molecule has 4 atom stereocenters. The van der Waals surface area contributed by atoms with Crippen LogP contribution in [0.25, 0.3) is 43.9 Å². The van der Waals surface area contributed by atoms with Gasteiger partial charge in [0.05, 0.1) is 0 Å². The number of hydrogen-bond donors (Lipinski definition) is 0. The van der Waals surface area contributed by atoms with Gasteiger partial charge in [0.1, 0.15) is 0 Å². The highest BCUT2D eigenvalue weighted by atomic mass is 32.2. The van der Waals surface area contributed by atoms with Crippen molar-refractivity contribution in [3.8, 4) is 0 Å². The Morgan fingerprint density at radius 1 is 0.333 bits per heavy atom. The monoisotopic (exact) mass is 1180 g/mol. The lowest BCUT2D eigenvalue weighted by atomic mass is 9.89. The predicted octanol–water partition coefficient (Wildman–Crippen LogP) is 25.5. The van der Waals surface area contributed by atoms with Gasteiger partial charge in [0.2, 0.25) is 0 Å². The summed E-state index contributed by atoms with van der Waals surface area (Å²) in [7, 11) is 0. The van der Waals surface area contributed by atoms with Gasteiger partial charge in [-0.3, -0.25) is 0 Å². The van der Waals surface area contributed by atoms with Gasteiger partial charge >= 0.3 is 0 Å². The second-order valence-electron chi connectivity index (χ2n) is 22.4. The van der Waals surface area contributed by atoms with Gasteiger partial charge in [0.25, 0.3) is 0 Å². The zero-order valence-electron chi connectivity index (χ0n) is 47.2. The summed E-state index contributed by atoms with van der Waals surface area (Å²) in [5, 5.41) is 8.97. The molecule has 0 radical (unpaired) electrons. The SMILES string of the molecule is CCCCCCC1(/C=C/c2cc(/C=C/C3(CCCCCC)CC=C(c4cccs4)S3)c(/C=C/C3(CCCCCC)CC=C(c4cccs4)S3)cc2/C=C/C2(CCCCCC)CC=C(c3cccs3)S2)CC=C(c2cccs2)S1. The fourth-order valence-corrected chi connectivity index (χ4v) is 20.5. The maximum atomic E-state index is 2.66. The summed E-state index contributed by atoms with van der Waals surface area (Å²) in [4.78, 5) is 11.5. The van der Waals surface area contributed by atoms with Crippen LogP contribution in [-0.2, 0) is 0 Å². The third kappa shape index (κ3) is 16.3. The van der Waals surface area contributed by atoms with E-state index in [1.54, 1.807) is 0 Å². The van der Waals surface area contributed by atoms with Gasteiger partial charge in [-0.25, -0.2) is 0 Å². The van der Waals surface area contributed by atoms with E-state index in [2.05, 4.69) is 230 Å². The number of rotatable bonds is 32. The van der Waals surface area contributed by atoms with E-state index >= 15 is 0 Å². The fraction of sp³-hybridized carbons (Fsp3) is 0.457. The Hall–Kier alpha value is -2.66. The van der Waals surface area contributed by atoms with Gasteiger partial charge < -0.3 is 0 Å². The highest BCUT2D eigenvalue weighted by Crippen LogP contribution is 2.56. The lowest BCUT2D eigenvalue weighted by Gasteiger charge is -2.27. The standard InChI is InChI=1S/C70H86S8/c1-5-9-13-17-37-67(45-33-63(75-67)59-25-21-49-71-59)41-29-55-53-57(31-43-69(39-19-15-11-7-3)47-35-65(77-69)61-27-23-51-73-61)58(32-44-70(40-20-16-12-8-4)48-36-66(78-70)62-28-24-52-74-62)54-56(55)30-42-68(38-18-14-10-6-2)46-34-64(76-68)60-26-22-50-72-60/h21-36,41-44,49-54H,5-20,37-40,45-48H2,1-4H3/b41-29+,42-30+,43-31+,44-32+. The van der Waals surface area contributed by atoms with Gasteiger partial charge in [-0.05, 0) is 132 Å². The summed E-state index contributed by atoms with van der Waals surface area (Å²) < 4.78 is 0.143. The molecule has 0 fully saturated rings. The Morgan fingerprint density at radius 3 is 0.782 bits per heavy atom. The maximum absolute atomic E-state index is 2.66. The molecule has 4 aliphatic rings. The third-order valence-corrected chi connectivity index (χ3v) is 26.4. The van der Waals surface area contributed by atoms with Crippen LogP contribution in [0, 0.1) is 0 Å². The van der Waals surface area contributed by atoms with Gasteiger partial charge in [0, 0.05) is 58.1 Å². The fourth-order valence-electron chi connectivity index (χ4n) is 11.5. The summed E-state index contributed by atoms with van der Waals surface area (Å²) in [6, 6.07) is 23.4. The molecule has 0 N–H and O–H groups in total. The molecule has 4 unspecified atom stereocenters. The summed E-state index contributed by atoms with van der Waals surface area (Å²) in [6.07, 6.45) is 60.8. The van der Waals surface area contributed by atoms with Gasteiger partial charge in [-0.2, -0.15) is 0 Å². The lowest BCUT2D eigenvalue weighted by Crippen LogP contribution is -2.18. The molecule has 0 aliphatic carbocycles. The van der Waals surface area contributed by atoms with Crippen molar-refractivity contribution in [2.75, 3.05) is 0 Å². The van der Waals surface area contributed by atoms with Crippen molar-refractivity contribution in [2.24, 2.45) is 0 Å². The largest absolute Gasteiger partial charge is 0.143 e. The first kappa shape index (κ1) is 59.9. The molecule has 4 aliphatic heterocycles. The average molecular weight is 1180 g/mol. The summed E-state index contributed by atoms with van der Waals surface area (Å²) in [5.41, 5.74) is 5.38. The molecule has 5 aromatic rings. The molecular formula is C70H86S8. The highest BCUT2D eigenvalue weighted by Gasteiger charge is 2.37. The van der Waals surface area contributed by atoms with Crippen molar-refractivity contribution in [2.45, 2.75) is 201 Å². The topological polar surface area (TPSA) is 0 Å². The first-order valence-corrected chi connectivity index (χ1v) is 36.7. The Bertz CT molecular complexity index is 2480. The van der Waals surface area contributed by atoms with E-state index in [-0.39, 0.29) is 19.0 Å². The first-order valence-electron chi connectivity index (χ1n) is 30.0. The van der Waals surface area contributed by atoms with Crippen molar-refractivity contribution < 1.29 is 0 Å². The molecule has 0 amide bonds. The van der Waals surface area contributed by atoms with E-state index in [0.29, 0.717) is 0 Å². The van der Waals surface area contributed by atoms with Crippen molar-refractivity contribution in [1.29, 1.82) is 0 Å². The lowest BCUT2D eigenvalue weighted by molar-refractivity contribution is 0.571. The Labute approximate surface area is 505 Å². The molecule has 0 saturated carbocycles. The Balaban J connectivity index is 1.16. The highest BCUT2D eigenvalue weighted by molar-refractivity contribution is 8.11. The molecule has 414 valence electrons. The van der Waals surface area contributed by atoms with Crippen LogP contribution in [-0.4, -0.2) is 19.0 Å². The van der Waals surface area contributed by atoms with Crippen LogP contribution in [0.1, 0.15) is 224 Å². The molecule has 0 spiro atoms. The van der Waals surface area contributed by atoms with Crippen LogP contribution in [0.15, 0.2) is 131 Å². The minimum Gasteiger partial charge on any atom is -0.143 e. The summed E-state index contributed by atoms with van der Waals surface area (Å²) in [6.45, 7) is 9.36. The zero-order valence-corrected chi connectivity index (χ0v) is 53.8. The van der Waals surface area contributed by atoms with Crippen molar-refractivity contribution in [3.05, 3.63) is 173 Å². The third-order valence-electron chi connectivity index (χ3n) is 16.2. The maximum Gasteiger partial charge on any atom is 0.0424 e. The zero-order chi connectivity index (χ0) is 53.9. The number of thioether (sulfide) groups is 4. The van der Waals surface area contributed by atoms with Gasteiger partial charge in [-0.15, -0.1) is 92.4 Å². The first-order chi connectivity index (χ1) is 38.3. The minimum absolute atomic E-state index is 0.0357. The number of thiophene rings is 4. The predicted molar refractivity (Wildman–Crippen MR) is 367 cm³/mol. The van der Waals surface area contributed by atoms with E-state index in [4.69, 9.17) is 0 Å². The van der Waals surface area contributed by atoms with Crippen molar-refractivity contribution >= 4 is 136 Å². The molecule has 4 aromatic heterocycles. The van der Waals surface area contributed by atoms with E-state index < -0.39 is 0 Å². The number of allylic oxidation sites excluding steroid dienone is 4. The van der Waals surface area contributed by atoms with Crippen molar-refractivity contribution in [1.82, 2.24) is 0 Å². The quantitative estimate of drug-likeness (QED) is 0.0393. The van der Waals surface area contributed by atoms with Gasteiger partial charge in [0.15, 0.2) is 0 Å². The van der Waals surface area contributed by atoms with Crippen molar-refractivity contribution in [3.63, 3.8) is 0 Å². The molecule has 78 heavy (non-hydrogen) atoms. The average Bonchev–Trinajstić information content (AvgIpc) is 4.43. The number of unbranched alkanes of at least 4 members (excludes halogenated alkanes) is 12. The molecule has 8 heteroatoms. The van der Waals surface area contributed by atoms with Crippen LogP contribution >= 0.6 is 92.4 Å². The molecule has 8 heterocycles. The summed E-state index contributed by atoms with van der Waals surface area (Å²) in [5.74, 6) is 0. The molecule has 1 aromatic carbocycles. The van der Waals surface area contributed by atoms with Crippen LogP contribution < -0.4 is 0 Å². The van der Waals surface area contributed by atoms with Crippen LogP contribution in [0.2, 0.25) is 0 Å². The van der Waals surface area contributed by atoms with Crippen LogP contribution in [0.5, 0.6) is 0 Å². The second-order valence-corrected chi connectivity index (χ2v) is 32.0. The summed E-state index contributed by atoms with van der Waals surface area (Å²) >= 11 is 16.1. The van der Waals surface area contributed by atoms with Gasteiger partial charge in [-0.1, -0.05) is 228 Å². The van der Waals surface area contributed by atoms with E-state index in [1.807, 2.05) is 45.3 Å². The normalized spacial score (nSPS) is 23.5. The minimum atomic E-state index is 0.0357. The Morgan fingerprint density at radius 2 is 0.577 bits per heavy atom. The van der Waals surface area contributed by atoms with E-state index in [9.17, 15) is 0 Å². The smallest absolute Gasteiger partial charge is 0.0424 e. The molecule has 0 bridgehead atoms. The molecule has 0 saturated heterocycles. The van der Waals surface area contributed by atoms with Crippen LogP contribution in [0.3, 0.4) is 0 Å². The molecule has 9 rings (SSSR count). The number of benzene rings is 1. The second kappa shape index (κ2) is 30.1. The Kier molecular flexibility index (Phi) is 23.1. The van der Waals surface area contributed by atoms with E-state index in [0.717, 1.165) is 25.7 Å². The van der Waals surface area contributed by atoms with Crippen LogP contribution in [0.4, 0.5) is 0 Å².